The summed E-state index contributed by atoms with van der Waals surface area (Å²) >= 11 is 7.24. The van der Waals surface area contributed by atoms with Crippen LogP contribution in [0.25, 0.3) is 0 Å². The third kappa shape index (κ3) is 4.37. The number of hydrogen-bond acceptors (Lipinski definition) is 3. The van der Waals surface area contributed by atoms with Gasteiger partial charge in [-0.1, -0.05) is 23.4 Å². The van der Waals surface area contributed by atoms with Crippen LogP contribution in [0.15, 0.2) is 23.2 Å². The number of anilines is 1. The molecule has 1 atom stereocenters. The first-order valence-corrected chi connectivity index (χ1v) is 7.71. The molecule has 0 aromatic heterocycles. The highest BCUT2D eigenvalue weighted by Crippen LogP contribution is 2.20. The van der Waals surface area contributed by atoms with Crippen molar-refractivity contribution < 1.29 is 9.13 Å². The van der Waals surface area contributed by atoms with Crippen molar-refractivity contribution in [3.8, 4) is 0 Å². The standard InChI is InChI=1S/C13H16ClFN2OS/c1-19-13(16-8-10-3-2-6-18-10)17-9-4-5-12(15)11(14)7-9/h4-5,7,10H,2-3,6,8H2,1H3,(H,16,17). The third-order valence-electron chi connectivity index (χ3n) is 2.83. The summed E-state index contributed by atoms with van der Waals surface area (Å²) < 4.78 is 18.6. The van der Waals surface area contributed by atoms with Crippen LogP contribution >= 0.6 is 23.4 Å². The van der Waals surface area contributed by atoms with E-state index in [-0.39, 0.29) is 11.1 Å². The molecule has 104 valence electrons. The molecule has 1 aliphatic heterocycles. The molecule has 19 heavy (non-hydrogen) atoms. The summed E-state index contributed by atoms with van der Waals surface area (Å²) in [4.78, 5) is 4.48. The first-order valence-electron chi connectivity index (χ1n) is 6.11. The molecule has 0 spiro atoms. The van der Waals surface area contributed by atoms with Crippen LogP contribution in [0.2, 0.25) is 5.02 Å². The van der Waals surface area contributed by atoms with Crippen LogP contribution in [0.3, 0.4) is 0 Å². The Labute approximate surface area is 121 Å². The average molecular weight is 303 g/mol. The fraction of sp³-hybridized carbons (Fsp3) is 0.462. The molecule has 2 rings (SSSR count). The van der Waals surface area contributed by atoms with E-state index < -0.39 is 5.82 Å². The largest absolute Gasteiger partial charge is 0.376 e. The van der Waals surface area contributed by atoms with Gasteiger partial charge in [-0.05, 0) is 37.3 Å². The highest BCUT2D eigenvalue weighted by Gasteiger charge is 2.14. The number of hydrogen-bond donors (Lipinski definition) is 1. The third-order valence-corrected chi connectivity index (χ3v) is 3.73. The van der Waals surface area contributed by atoms with E-state index in [0.29, 0.717) is 6.54 Å². The van der Waals surface area contributed by atoms with Gasteiger partial charge in [-0.15, -0.1) is 0 Å². The summed E-state index contributed by atoms with van der Waals surface area (Å²) in [6, 6.07) is 4.52. The molecule has 6 heteroatoms. The van der Waals surface area contributed by atoms with Gasteiger partial charge in [-0.25, -0.2) is 4.39 Å². The van der Waals surface area contributed by atoms with Gasteiger partial charge in [0.2, 0.25) is 0 Å². The minimum Gasteiger partial charge on any atom is -0.376 e. The lowest BCUT2D eigenvalue weighted by Crippen LogP contribution is -2.14. The van der Waals surface area contributed by atoms with E-state index in [0.717, 1.165) is 30.3 Å². The molecule has 1 heterocycles. The fourth-order valence-electron chi connectivity index (χ4n) is 1.83. The first kappa shape index (κ1) is 14.6. The van der Waals surface area contributed by atoms with Gasteiger partial charge in [0, 0.05) is 12.3 Å². The summed E-state index contributed by atoms with van der Waals surface area (Å²) in [7, 11) is 0. The molecule has 0 saturated carbocycles. The van der Waals surface area contributed by atoms with E-state index in [1.54, 1.807) is 12.1 Å². The van der Waals surface area contributed by atoms with Gasteiger partial charge >= 0.3 is 0 Å². The van der Waals surface area contributed by atoms with Crippen LogP contribution in [0.1, 0.15) is 12.8 Å². The van der Waals surface area contributed by atoms with E-state index in [9.17, 15) is 4.39 Å². The second kappa shape index (κ2) is 7.12. The molecule has 3 nitrogen and oxygen atoms in total. The summed E-state index contributed by atoms with van der Waals surface area (Å²) in [6.45, 7) is 1.48. The van der Waals surface area contributed by atoms with Gasteiger partial charge in [-0.3, -0.25) is 4.99 Å². The number of amidine groups is 1. The zero-order valence-corrected chi connectivity index (χ0v) is 12.2. The Morgan fingerprint density at radius 2 is 2.47 bits per heavy atom. The maximum absolute atomic E-state index is 13.1. The molecule has 1 N–H and O–H groups in total. The van der Waals surface area contributed by atoms with Crippen molar-refractivity contribution in [2.45, 2.75) is 18.9 Å². The predicted molar refractivity (Wildman–Crippen MR) is 79.8 cm³/mol. The topological polar surface area (TPSA) is 33.6 Å². The van der Waals surface area contributed by atoms with Gasteiger partial charge < -0.3 is 10.1 Å². The number of rotatable bonds is 3. The summed E-state index contributed by atoms with van der Waals surface area (Å²) in [5, 5.41) is 4.00. The SMILES string of the molecule is CSC(=NCC1CCCO1)Nc1ccc(F)c(Cl)c1. The van der Waals surface area contributed by atoms with E-state index in [1.807, 2.05) is 6.26 Å². The smallest absolute Gasteiger partial charge is 0.160 e. The van der Waals surface area contributed by atoms with Crippen molar-refractivity contribution in [3.05, 3.63) is 29.0 Å². The molecule has 1 aromatic rings. The highest BCUT2D eigenvalue weighted by atomic mass is 35.5. The second-order valence-corrected chi connectivity index (χ2v) is 5.44. The number of aliphatic imine (C=N–C) groups is 1. The Kier molecular flexibility index (Phi) is 5.48. The molecule has 0 amide bonds. The minimum atomic E-state index is -0.422. The van der Waals surface area contributed by atoms with Gasteiger partial charge in [0.25, 0.3) is 0 Å². The Morgan fingerprint density at radius 3 is 3.11 bits per heavy atom. The molecule has 1 saturated heterocycles. The summed E-state index contributed by atoms with van der Waals surface area (Å²) in [5.74, 6) is -0.422. The Bertz CT molecular complexity index is 464. The minimum absolute atomic E-state index is 0.101. The van der Waals surface area contributed by atoms with E-state index in [2.05, 4.69) is 10.3 Å². The molecule has 0 aliphatic carbocycles. The van der Waals surface area contributed by atoms with Crippen molar-refractivity contribution >= 4 is 34.2 Å². The number of ether oxygens (including phenoxy) is 1. The quantitative estimate of drug-likeness (QED) is 0.681. The molecule has 1 aliphatic rings. The van der Waals surface area contributed by atoms with Crippen LogP contribution in [0.4, 0.5) is 10.1 Å². The molecule has 1 fully saturated rings. The van der Waals surface area contributed by atoms with E-state index in [4.69, 9.17) is 16.3 Å². The normalized spacial score (nSPS) is 19.7. The molecule has 1 aromatic carbocycles. The second-order valence-electron chi connectivity index (χ2n) is 4.24. The molecular formula is C13H16ClFN2OS. The predicted octanol–water partition coefficient (Wildman–Crippen LogP) is 3.79. The van der Waals surface area contributed by atoms with Crippen molar-refractivity contribution in [1.29, 1.82) is 0 Å². The van der Waals surface area contributed by atoms with Gasteiger partial charge in [0.05, 0.1) is 17.7 Å². The van der Waals surface area contributed by atoms with Gasteiger partial charge in [0.1, 0.15) is 5.82 Å². The monoisotopic (exact) mass is 302 g/mol. The van der Waals surface area contributed by atoms with Crippen LogP contribution < -0.4 is 5.32 Å². The Morgan fingerprint density at radius 1 is 1.63 bits per heavy atom. The molecule has 0 radical (unpaired) electrons. The van der Waals surface area contributed by atoms with Crippen LogP contribution in [0.5, 0.6) is 0 Å². The molecular weight excluding hydrogens is 287 g/mol. The lowest BCUT2D eigenvalue weighted by molar-refractivity contribution is 0.118. The van der Waals surface area contributed by atoms with Crippen molar-refractivity contribution in [2.75, 3.05) is 24.7 Å². The fourth-order valence-corrected chi connectivity index (χ4v) is 2.43. The molecule has 1 unspecified atom stereocenters. The number of nitrogens with zero attached hydrogens (tertiary/aromatic N) is 1. The van der Waals surface area contributed by atoms with E-state index in [1.165, 1.54) is 17.8 Å². The lowest BCUT2D eigenvalue weighted by Gasteiger charge is -2.10. The van der Waals surface area contributed by atoms with Crippen LogP contribution in [-0.2, 0) is 4.74 Å². The zero-order chi connectivity index (χ0) is 13.7. The summed E-state index contributed by atoms with van der Waals surface area (Å²) in [6.07, 6.45) is 4.33. The van der Waals surface area contributed by atoms with Gasteiger partial charge in [0.15, 0.2) is 5.17 Å². The van der Waals surface area contributed by atoms with Crippen molar-refractivity contribution in [3.63, 3.8) is 0 Å². The highest BCUT2D eigenvalue weighted by molar-refractivity contribution is 8.13. The number of halogens is 2. The average Bonchev–Trinajstić information content (AvgIpc) is 2.92. The first-order chi connectivity index (χ1) is 9.19. The number of benzene rings is 1. The van der Waals surface area contributed by atoms with Crippen LogP contribution in [-0.4, -0.2) is 30.7 Å². The van der Waals surface area contributed by atoms with E-state index >= 15 is 0 Å². The van der Waals surface area contributed by atoms with Crippen molar-refractivity contribution in [1.82, 2.24) is 0 Å². The molecule has 0 bridgehead atoms. The number of thioether (sulfide) groups is 1. The maximum Gasteiger partial charge on any atom is 0.160 e. The van der Waals surface area contributed by atoms with Gasteiger partial charge in [-0.2, -0.15) is 0 Å². The number of nitrogens with one attached hydrogen (secondary N) is 1. The zero-order valence-electron chi connectivity index (χ0n) is 10.7. The lowest BCUT2D eigenvalue weighted by atomic mass is 10.2. The Balaban J connectivity index is 1.97. The Hall–Kier alpha value is -0.780. The summed E-state index contributed by atoms with van der Waals surface area (Å²) in [5.41, 5.74) is 0.729. The maximum atomic E-state index is 13.1. The van der Waals surface area contributed by atoms with Crippen molar-refractivity contribution in [2.24, 2.45) is 4.99 Å². The van der Waals surface area contributed by atoms with Crippen LogP contribution in [0, 0.1) is 5.82 Å².